The minimum Gasteiger partial charge on any atom is -0.337 e. The molecule has 132 valence electrons. The van der Waals surface area contributed by atoms with Gasteiger partial charge in [0.15, 0.2) is 0 Å². The van der Waals surface area contributed by atoms with Gasteiger partial charge in [0.2, 0.25) is 0 Å². The van der Waals surface area contributed by atoms with Gasteiger partial charge in [-0.05, 0) is 48.6 Å². The number of nitrogens with zero attached hydrogens (tertiary/aromatic N) is 4. The Kier molecular flexibility index (Phi) is 4.68. The number of benzene rings is 1. The molecule has 3 aliphatic heterocycles. The maximum absolute atomic E-state index is 12.9. The van der Waals surface area contributed by atoms with Crippen molar-refractivity contribution >= 4 is 5.91 Å². The number of piperidine rings is 1. The second-order valence-corrected chi connectivity index (χ2v) is 7.29. The van der Waals surface area contributed by atoms with Gasteiger partial charge in [0.1, 0.15) is 0 Å². The van der Waals surface area contributed by atoms with Gasteiger partial charge < -0.3 is 4.90 Å². The van der Waals surface area contributed by atoms with Crippen LogP contribution in [0.1, 0.15) is 34.3 Å². The van der Waals surface area contributed by atoms with Crippen LogP contribution in [0.2, 0.25) is 0 Å². The van der Waals surface area contributed by atoms with Crippen LogP contribution < -0.4 is 0 Å². The molecule has 0 saturated carbocycles. The number of aromatic nitrogens is 1. The number of fused-ring (bicyclic) bond motifs is 4. The second kappa shape index (κ2) is 7.27. The van der Waals surface area contributed by atoms with Gasteiger partial charge in [-0.2, -0.15) is 5.26 Å². The molecule has 5 rings (SSSR count). The summed E-state index contributed by atoms with van der Waals surface area (Å²) in [5.41, 5.74) is 2.54. The summed E-state index contributed by atoms with van der Waals surface area (Å²) in [5, 5.41) is 9.11. The van der Waals surface area contributed by atoms with Crippen LogP contribution >= 0.6 is 0 Å². The first kappa shape index (κ1) is 16.7. The Bertz CT molecular complexity index is 829. The fourth-order valence-corrected chi connectivity index (χ4v) is 4.18. The van der Waals surface area contributed by atoms with Gasteiger partial charge >= 0.3 is 0 Å². The van der Waals surface area contributed by atoms with Crippen LogP contribution in [0.25, 0.3) is 0 Å². The third-order valence-electron chi connectivity index (χ3n) is 5.46. The molecule has 26 heavy (non-hydrogen) atoms. The van der Waals surface area contributed by atoms with Crippen molar-refractivity contribution in [2.24, 2.45) is 5.92 Å². The lowest BCUT2D eigenvalue weighted by Crippen LogP contribution is -2.43. The highest BCUT2D eigenvalue weighted by Crippen LogP contribution is 2.30. The van der Waals surface area contributed by atoms with E-state index in [0.717, 1.165) is 32.6 Å². The molecular weight excluding hydrogens is 324 g/mol. The number of amides is 1. The second-order valence-electron chi connectivity index (χ2n) is 7.29. The number of hydrogen-bond donors (Lipinski definition) is 0. The van der Waals surface area contributed by atoms with Crippen molar-refractivity contribution in [2.75, 3.05) is 19.6 Å². The zero-order valence-electron chi connectivity index (χ0n) is 14.7. The highest BCUT2D eigenvalue weighted by Gasteiger charge is 2.36. The molecule has 1 aromatic heterocycles. The summed E-state index contributed by atoms with van der Waals surface area (Å²) in [6, 6.07) is 14.1. The first-order valence-corrected chi connectivity index (χ1v) is 9.15. The first-order chi connectivity index (χ1) is 12.7. The van der Waals surface area contributed by atoms with E-state index in [9.17, 15) is 4.79 Å². The molecule has 2 aromatic rings. The summed E-state index contributed by atoms with van der Waals surface area (Å²) in [5.74, 6) is 0.594. The number of nitriles is 1. The van der Waals surface area contributed by atoms with Gasteiger partial charge in [0.05, 0.1) is 17.2 Å². The van der Waals surface area contributed by atoms with Crippen LogP contribution in [0.15, 0.2) is 48.8 Å². The number of hydrogen-bond acceptors (Lipinski definition) is 4. The van der Waals surface area contributed by atoms with Crippen molar-refractivity contribution < 1.29 is 4.79 Å². The molecule has 5 heteroatoms. The van der Waals surface area contributed by atoms with Crippen LogP contribution in [0.4, 0.5) is 0 Å². The Balaban J connectivity index is 1.50. The molecule has 5 nitrogen and oxygen atoms in total. The molecule has 0 unspecified atom stereocenters. The van der Waals surface area contributed by atoms with E-state index in [1.165, 1.54) is 12.0 Å². The standard InChI is InChI=1S/C21H22N4O/c22-10-16-3-1-4-17(9-16)12-24-13-18-6-7-20(24)15-25(14-18)21(26)19-5-2-8-23-11-19/h1-5,8-9,11,18,20H,6-7,12-15H2/t18-,20-/m1/s1. The monoisotopic (exact) mass is 346 g/mol. The number of pyridine rings is 1. The number of carbonyl (C=O) groups excluding carboxylic acids is 1. The molecule has 0 aliphatic carbocycles. The van der Waals surface area contributed by atoms with Gasteiger partial charge in [-0.1, -0.05) is 12.1 Å². The van der Waals surface area contributed by atoms with Crippen molar-refractivity contribution in [3.05, 3.63) is 65.5 Å². The van der Waals surface area contributed by atoms with Crippen LogP contribution in [0.3, 0.4) is 0 Å². The summed E-state index contributed by atoms with van der Waals surface area (Å²) >= 11 is 0. The summed E-state index contributed by atoms with van der Waals surface area (Å²) in [6.45, 7) is 3.44. The zero-order valence-corrected chi connectivity index (χ0v) is 14.7. The smallest absolute Gasteiger partial charge is 0.255 e. The molecule has 0 radical (unpaired) electrons. The SMILES string of the molecule is N#Cc1cccc(CN2C[C@H]3CC[C@@H]2CN(C(=O)c2cccnc2)C3)c1. The Morgan fingerprint density at radius 2 is 2.12 bits per heavy atom. The molecule has 0 spiro atoms. The predicted octanol–water partition coefficient (Wildman–Crippen LogP) is 2.69. The molecule has 3 aliphatic rings. The fourth-order valence-electron chi connectivity index (χ4n) is 4.18. The van der Waals surface area contributed by atoms with Gasteiger partial charge in [-0.3, -0.25) is 14.7 Å². The largest absolute Gasteiger partial charge is 0.337 e. The normalized spacial score (nSPS) is 22.7. The van der Waals surface area contributed by atoms with E-state index < -0.39 is 0 Å². The lowest BCUT2D eigenvalue weighted by atomic mass is 9.94. The molecule has 0 N–H and O–H groups in total. The Hall–Kier alpha value is -2.71. The lowest BCUT2D eigenvalue weighted by molar-refractivity contribution is 0.0735. The van der Waals surface area contributed by atoms with Crippen molar-refractivity contribution in [1.29, 1.82) is 5.26 Å². The predicted molar refractivity (Wildman–Crippen MR) is 98.2 cm³/mol. The van der Waals surface area contributed by atoms with Crippen LogP contribution in [0.5, 0.6) is 0 Å². The van der Waals surface area contributed by atoms with E-state index in [1.807, 2.05) is 35.2 Å². The van der Waals surface area contributed by atoms with E-state index >= 15 is 0 Å². The fraction of sp³-hybridized carbons (Fsp3) is 0.381. The Morgan fingerprint density at radius 3 is 2.92 bits per heavy atom. The molecule has 1 aromatic carbocycles. The topological polar surface area (TPSA) is 60.2 Å². The molecule has 2 atom stereocenters. The Morgan fingerprint density at radius 1 is 1.19 bits per heavy atom. The summed E-state index contributed by atoms with van der Waals surface area (Å²) in [6.07, 6.45) is 5.65. The summed E-state index contributed by atoms with van der Waals surface area (Å²) in [4.78, 5) is 21.4. The van der Waals surface area contributed by atoms with E-state index in [2.05, 4.69) is 22.0 Å². The minimum absolute atomic E-state index is 0.0864. The van der Waals surface area contributed by atoms with E-state index in [1.54, 1.807) is 12.4 Å². The van der Waals surface area contributed by atoms with Gasteiger partial charge in [-0.25, -0.2) is 0 Å². The molecule has 2 bridgehead atoms. The van der Waals surface area contributed by atoms with Crippen molar-refractivity contribution in [3.8, 4) is 6.07 Å². The van der Waals surface area contributed by atoms with Crippen molar-refractivity contribution in [1.82, 2.24) is 14.8 Å². The molecule has 3 fully saturated rings. The number of rotatable bonds is 3. The molecular formula is C21H22N4O. The minimum atomic E-state index is 0.0864. The summed E-state index contributed by atoms with van der Waals surface area (Å²) < 4.78 is 0. The van der Waals surface area contributed by atoms with E-state index in [4.69, 9.17) is 5.26 Å². The molecule has 3 saturated heterocycles. The average Bonchev–Trinajstić information content (AvgIpc) is 3.00. The maximum Gasteiger partial charge on any atom is 0.255 e. The summed E-state index contributed by atoms with van der Waals surface area (Å²) in [7, 11) is 0. The van der Waals surface area contributed by atoms with Gasteiger partial charge in [-0.15, -0.1) is 0 Å². The lowest BCUT2D eigenvalue weighted by Gasteiger charge is -2.36. The number of carbonyl (C=O) groups is 1. The molecule has 1 amide bonds. The van der Waals surface area contributed by atoms with Gasteiger partial charge in [0.25, 0.3) is 5.91 Å². The highest BCUT2D eigenvalue weighted by molar-refractivity contribution is 5.94. The van der Waals surface area contributed by atoms with Crippen LogP contribution in [-0.4, -0.2) is 46.4 Å². The highest BCUT2D eigenvalue weighted by atomic mass is 16.2. The van der Waals surface area contributed by atoms with E-state index in [-0.39, 0.29) is 5.91 Å². The van der Waals surface area contributed by atoms with Crippen LogP contribution in [-0.2, 0) is 6.54 Å². The quantitative estimate of drug-likeness (QED) is 0.857. The third-order valence-corrected chi connectivity index (χ3v) is 5.46. The van der Waals surface area contributed by atoms with Crippen molar-refractivity contribution in [2.45, 2.75) is 25.4 Å². The Labute approximate surface area is 153 Å². The third kappa shape index (κ3) is 3.47. The van der Waals surface area contributed by atoms with Crippen LogP contribution in [0, 0.1) is 17.2 Å². The first-order valence-electron chi connectivity index (χ1n) is 9.15. The molecule has 4 heterocycles. The van der Waals surface area contributed by atoms with Crippen molar-refractivity contribution in [3.63, 3.8) is 0 Å². The maximum atomic E-state index is 12.9. The van der Waals surface area contributed by atoms with E-state index in [0.29, 0.717) is 23.1 Å². The zero-order chi connectivity index (χ0) is 17.9. The van der Waals surface area contributed by atoms with Gasteiger partial charge in [0, 0.05) is 44.6 Å². The average molecular weight is 346 g/mol.